The predicted molar refractivity (Wildman–Crippen MR) is 94.0 cm³/mol. The molecule has 1 aromatic carbocycles. The molecule has 0 saturated carbocycles. The molecule has 3 fully saturated rings. The van der Waals surface area contributed by atoms with Crippen LogP contribution in [0.5, 0.6) is 5.75 Å². The quantitative estimate of drug-likeness (QED) is 0.770. The van der Waals surface area contributed by atoms with Crippen LogP contribution in [-0.2, 0) is 19.6 Å². The number of ether oxygens (including phenoxy) is 2. The van der Waals surface area contributed by atoms with Crippen molar-refractivity contribution < 1.29 is 27.1 Å². The first-order valence-electron chi connectivity index (χ1n) is 9.04. The Morgan fingerprint density at radius 2 is 2.11 bits per heavy atom. The van der Waals surface area contributed by atoms with Gasteiger partial charge < -0.3 is 14.4 Å². The van der Waals surface area contributed by atoms with Gasteiger partial charge in [0.25, 0.3) is 0 Å². The molecule has 3 aliphatic rings. The number of hydrogen-bond donors (Lipinski definition) is 0. The van der Waals surface area contributed by atoms with E-state index in [9.17, 15) is 17.6 Å². The van der Waals surface area contributed by atoms with E-state index in [1.54, 1.807) is 4.90 Å². The standard InChI is InChI=1S/C18H23FN2O5S/c1-11(2)14-10-26-18-6-7-20(16(18)9-17(22)21(14)18)27(23,24)12-4-5-15(25-3)13(19)8-12/h4-5,8,11,14,16H,6-7,9-10H2,1-3H3/t14-,16+,18-/m0/s1. The topological polar surface area (TPSA) is 76.2 Å². The molecular weight excluding hydrogens is 375 g/mol. The van der Waals surface area contributed by atoms with E-state index in [1.807, 2.05) is 13.8 Å². The number of methoxy groups -OCH3 is 1. The molecule has 1 aromatic rings. The van der Waals surface area contributed by atoms with Crippen molar-refractivity contribution in [2.75, 3.05) is 20.3 Å². The number of nitrogens with zero attached hydrogens (tertiary/aromatic N) is 2. The van der Waals surface area contributed by atoms with Crippen LogP contribution in [-0.4, -0.2) is 61.6 Å². The summed E-state index contributed by atoms with van der Waals surface area (Å²) >= 11 is 0. The maximum Gasteiger partial charge on any atom is 0.243 e. The number of rotatable bonds is 4. The number of benzene rings is 1. The molecule has 9 heteroatoms. The Morgan fingerprint density at radius 1 is 1.37 bits per heavy atom. The number of carbonyl (C=O) groups excluding carboxylic acids is 1. The van der Waals surface area contributed by atoms with Crippen LogP contribution in [0.1, 0.15) is 26.7 Å². The largest absolute Gasteiger partial charge is 0.494 e. The highest BCUT2D eigenvalue weighted by molar-refractivity contribution is 7.89. The van der Waals surface area contributed by atoms with E-state index in [4.69, 9.17) is 9.47 Å². The van der Waals surface area contributed by atoms with Crippen LogP contribution < -0.4 is 4.74 Å². The monoisotopic (exact) mass is 398 g/mol. The number of sulfonamides is 1. The Bertz CT molecular complexity index is 890. The van der Waals surface area contributed by atoms with Crippen molar-refractivity contribution in [1.82, 2.24) is 9.21 Å². The first-order valence-corrected chi connectivity index (χ1v) is 10.5. The Kier molecular flexibility index (Phi) is 4.25. The predicted octanol–water partition coefficient (Wildman–Crippen LogP) is 1.58. The van der Waals surface area contributed by atoms with Gasteiger partial charge in [0.1, 0.15) is 0 Å². The molecule has 0 unspecified atom stereocenters. The zero-order valence-electron chi connectivity index (χ0n) is 15.5. The zero-order valence-corrected chi connectivity index (χ0v) is 16.3. The Morgan fingerprint density at radius 3 is 2.74 bits per heavy atom. The van der Waals surface area contributed by atoms with Gasteiger partial charge in [-0.15, -0.1) is 0 Å². The van der Waals surface area contributed by atoms with Gasteiger partial charge in [-0.3, -0.25) is 4.79 Å². The first-order chi connectivity index (χ1) is 12.7. The van der Waals surface area contributed by atoms with Crippen LogP contribution in [0.4, 0.5) is 4.39 Å². The van der Waals surface area contributed by atoms with Gasteiger partial charge in [-0.2, -0.15) is 4.31 Å². The van der Waals surface area contributed by atoms with Crippen LogP contribution in [0.15, 0.2) is 23.1 Å². The van der Waals surface area contributed by atoms with E-state index in [-0.39, 0.29) is 41.5 Å². The van der Waals surface area contributed by atoms with E-state index in [0.717, 1.165) is 6.07 Å². The molecule has 3 saturated heterocycles. The van der Waals surface area contributed by atoms with Gasteiger partial charge in [0.2, 0.25) is 15.9 Å². The van der Waals surface area contributed by atoms with Gasteiger partial charge in [0.05, 0.1) is 30.7 Å². The fourth-order valence-corrected chi connectivity index (χ4v) is 6.23. The van der Waals surface area contributed by atoms with E-state index in [2.05, 4.69) is 0 Å². The second-order valence-electron chi connectivity index (χ2n) is 7.61. The lowest BCUT2D eigenvalue weighted by Gasteiger charge is -2.34. The number of hydrogen-bond acceptors (Lipinski definition) is 5. The molecule has 0 aliphatic carbocycles. The van der Waals surface area contributed by atoms with Crippen LogP contribution in [0.25, 0.3) is 0 Å². The molecular formula is C18H23FN2O5S. The number of carbonyl (C=O) groups is 1. The Balaban J connectivity index is 1.69. The van der Waals surface area contributed by atoms with Crippen LogP contribution in [0.2, 0.25) is 0 Å². The molecule has 3 heterocycles. The average Bonchev–Trinajstić information content (AvgIpc) is 3.24. The van der Waals surface area contributed by atoms with E-state index in [1.165, 1.54) is 23.5 Å². The summed E-state index contributed by atoms with van der Waals surface area (Å²) in [5.41, 5.74) is -0.899. The van der Waals surface area contributed by atoms with E-state index >= 15 is 0 Å². The molecule has 3 aliphatic heterocycles. The molecule has 1 spiro atoms. The van der Waals surface area contributed by atoms with Gasteiger partial charge >= 0.3 is 0 Å². The molecule has 148 valence electrons. The molecule has 0 N–H and O–H groups in total. The SMILES string of the molecule is COc1ccc(S(=O)(=O)N2CC[C@@]34OC[C@@H](C(C)C)N3C(=O)C[C@@H]24)cc1F. The highest BCUT2D eigenvalue weighted by Gasteiger charge is 2.66. The number of amides is 1. The highest BCUT2D eigenvalue weighted by atomic mass is 32.2. The summed E-state index contributed by atoms with van der Waals surface area (Å²) in [7, 11) is -2.65. The normalized spacial score (nSPS) is 30.9. The molecule has 0 aromatic heterocycles. The van der Waals surface area contributed by atoms with Crippen molar-refractivity contribution >= 4 is 15.9 Å². The maximum absolute atomic E-state index is 14.1. The molecule has 3 atom stereocenters. The minimum absolute atomic E-state index is 0.0204. The van der Waals surface area contributed by atoms with Gasteiger partial charge in [-0.25, -0.2) is 12.8 Å². The fourth-order valence-electron chi connectivity index (χ4n) is 4.56. The van der Waals surface area contributed by atoms with Crippen molar-refractivity contribution in [3.05, 3.63) is 24.0 Å². The van der Waals surface area contributed by atoms with E-state index in [0.29, 0.717) is 13.0 Å². The van der Waals surface area contributed by atoms with Crippen molar-refractivity contribution in [2.45, 2.75) is 49.4 Å². The third-order valence-corrected chi connectivity index (χ3v) is 7.84. The summed E-state index contributed by atoms with van der Waals surface area (Å²) in [6.07, 6.45) is 0.506. The van der Waals surface area contributed by atoms with Crippen LogP contribution >= 0.6 is 0 Å². The summed E-state index contributed by atoms with van der Waals surface area (Å²) in [5.74, 6) is -0.632. The summed E-state index contributed by atoms with van der Waals surface area (Å²) in [6.45, 7) is 4.69. The summed E-state index contributed by atoms with van der Waals surface area (Å²) in [5, 5.41) is 0. The second kappa shape index (κ2) is 6.15. The molecule has 27 heavy (non-hydrogen) atoms. The lowest BCUT2D eigenvalue weighted by Crippen LogP contribution is -2.51. The van der Waals surface area contributed by atoms with Crippen molar-refractivity contribution in [2.24, 2.45) is 5.92 Å². The number of halogens is 1. The third-order valence-electron chi connectivity index (χ3n) is 5.94. The summed E-state index contributed by atoms with van der Waals surface area (Å²) in [4.78, 5) is 14.3. The smallest absolute Gasteiger partial charge is 0.243 e. The Hall–Kier alpha value is -1.71. The van der Waals surface area contributed by atoms with Crippen LogP contribution in [0, 0.1) is 11.7 Å². The lowest BCUT2D eigenvalue weighted by molar-refractivity contribution is -0.139. The van der Waals surface area contributed by atoms with Gasteiger partial charge in [-0.05, 0) is 24.1 Å². The average molecular weight is 398 g/mol. The zero-order chi connectivity index (χ0) is 19.6. The highest BCUT2D eigenvalue weighted by Crippen LogP contribution is 2.50. The first kappa shape index (κ1) is 18.6. The lowest BCUT2D eigenvalue weighted by atomic mass is 10.0. The van der Waals surface area contributed by atoms with Crippen molar-refractivity contribution in [3.8, 4) is 5.75 Å². The third kappa shape index (κ3) is 2.51. The minimum atomic E-state index is -3.97. The van der Waals surface area contributed by atoms with Gasteiger partial charge in [-0.1, -0.05) is 13.8 Å². The van der Waals surface area contributed by atoms with E-state index < -0.39 is 27.6 Å². The maximum atomic E-state index is 14.1. The summed E-state index contributed by atoms with van der Waals surface area (Å²) < 4.78 is 52.6. The van der Waals surface area contributed by atoms with Crippen molar-refractivity contribution in [1.29, 1.82) is 0 Å². The van der Waals surface area contributed by atoms with Crippen molar-refractivity contribution in [3.63, 3.8) is 0 Å². The fraction of sp³-hybridized carbons (Fsp3) is 0.611. The van der Waals surface area contributed by atoms with Gasteiger partial charge in [0, 0.05) is 19.4 Å². The summed E-state index contributed by atoms with van der Waals surface area (Å²) in [6, 6.07) is 2.93. The van der Waals surface area contributed by atoms with Gasteiger partial charge in [0.15, 0.2) is 17.3 Å². The Labute approximate surface area is 158 Å². The van der Waals surface area contributed by atoms with Crippen LogP contribution in [0.3, 0.4) is 0 Å². The molecule has 4 rings (SSSR count). The molecule has 0 bridgehead atoms. The minimum Gasteiger partial charge on any atom is -0.494 e. The molecule has 1 amide bonds. The molecule has 0 radical (unpaired) electrons. The molecule has 7 nitrogen and oxygen atoms in total. The second-order valence-corrected chi connectivity index (χ2v) is 9.50.